The van der Waals surface area contributed by atoms with Crippen molar-refractivity contribution >= 4 is 38.5 Å². The van der Waals surface area contributed by atoms with E-state index in [1.165, 1.54) is 0 Å². The second-order valence-electron chi connectivity index (χ2n) is 4.87. The Morgan fingerprint density at radius 1 is 1.41 bits per heavy atom. The van der Waals surface area contributed by atoms with Crippen molar-refractivity contribution in [2.45, 2.75) is 5.54 Å². The van der Waals surface area contributed by atoms with Gasteiger partial charge in [-0.2, -0.15) is 5.26 Å². The molecule has 2 aromatic rings. The Morgan fingerprint density at radius 2 is 2.23 bits per heavy atom. The second-order valence-corrected chi connectivity index (χ2v) is 7.03. The van der Waals surface area contributed by atoms with E-state index >= 15 is 0 Å². The number of fused-ring (bicyclic) bond motifs is 2. The summed E-state index contributed by atoms with van der Waals surface area (Å²) in [5, 5.41) is 8.70. The summed E-state index contributed by atoms with van der Waals surface area (Å²) >= 11 is 5.63. The van der Waals surface area contributed by atoms with Crippen LogP contribution in [0.5, 0.6) is 11.6 Å². The fourth-order valence-electron chi connectivity index (χ4n) is 2.43. The van der Waals surface area contributed by atoms with Crippen LogP contribution in [0.4, 0.5) is 0 Å². The predicted octanol–water partition coefficient (Wildman–Crippen LogP) is 3.30. The summed E-state index contributed by atoms with van der Waals surface area (Å²) in [6.45, 7) is 0.151. The maximum absolute atomic E-state index is 8.70. The molecule has 0 fully saturated rings. The molecule has 1 unspecified atom stereocenters. The molecule has 0 bridgehead atoms. The van der Waals surface area contributed by atoms with Crippen LogP contribution in [0, 0.1) is 14.9 Å². The smallest absolute Gasteiger partial charge is 0.224 e. The maximum Gasteiger partial charge on any atom is 0.224 e. The highest BCUT2D eigenvalue weighted by atomic mass is 127. The van der Waals surface area contributed by atoms with Gasteiger partial charge in [-0.25, -0.2) is 4.98 Å². The van der Waals surface area contributed by atoms with Crippen LogP contribution in [-0.2, 0) is 10.3 Å². The molecule has 0 saturated carbocycles. The molecular formula is C15H11BrIN3O2. The lowest BCUT2D eigenvalue weighted by Crippen LogP contribution is -2.45. The van der Waals surface area contributed by atoms with Gasteiger partial charge in [-0.15, -0.1) is 0 Å². The van der Waals surface area contributed by atoms with Crippen LogP contribution in [-0.4, -0.2) is 18.2 Å². The third kappa shape index (κ3) is 2.72. The molecular weight excluding hydrogens is 461 g/mol. The molecule has 22 heavy (non-hydrogen) atoms. The maximum atomic E-state index is 8.70. The Hall–Kier alpha value is -1.21. The van der Waals surface area contributed by atoms with Crippen LogP contribution >= 0.6 is 38.5 Å². The summed E-state index contributed by atoms with van der Waals surface area (Å²) in [6.07, 6.45) is 1.66. The third-order valence-electron chi connectivity index (χ3n) is 3.42. The molecule has 0 amide bonds. The monoisotopic (exact) mass is 471 g/mol. The van der Waals surface area contributed by atoms with Crippen LogP contribution in [0.1, 0.15) is 11.1 Å². The van der Waals surface area contributed by atoms with Gasteiger partial charge in [-0.3, -0.25) is 0 Å². The van der Waals surface area contributed by atoms with E-state index in [1.54, 1.807) is 6.20 Å². The highest BCUT2D eigenvalue weighted by molar-refractivity contribution is 14.1. The van der Waals surface area contributed by atoms with Crippen molar-refractivity contribution in [1.29, 1.82) is 5.26 Å². The Bertz CT molecular complexity index is 724. The number of nitrogens with two attached hydrogens (primary N) is 1. The summed E-state index contributed by atoms with van der Waals surface area (Å²) in [4.78, 5) is 4.29. The number of hydrogen-bond acceptors (Lipinski definition) is 5. The molecule has 0 radical (unpaired) electrons. The average molecular weight is 472 g/mol. The van der Waals surface area contributed by atoms with Crippen LogP contribution in [0.3, 0.4) is 0 Å². The summed E-state index contributed by atoms with van der Waals surface area (Å²) < 4.78 is 13.1. The average Bonchev–Trinajstić information content (AvgIpc) is 2.50. The minimum absolute atomic E-state index is 0.0180. The topological polar surface area (TPSA) is 81.2 Å². The molecule has 1 atom stereocenters. The highest BCUT2D eigenvalue weighted by Gasteiger charge is 2.40. The summed E-state index contributed by atoms with van der Waals surface area (Å²) in [5.41, 5.74) is 7.32. The molecule has 2 N–H and O–H groups in total. The van der Waals surface area contributed by atoms with Gasteiger partial charge in [-0.05, 0) is 62.8 Å². The summed E-state index contributed by atoms with van der Waals surface area (Å²) in [5.74, 6) is 1.12. The van der Waals surface area contributed by atoms with Gasteiger partial charge < -0.3 is 15.2 Å². The molecule has 1 aromatic carbocycles. The number of ether oxygens (including phenoxy) is 2. The number of rotatable bonds is 3. The first-order valence-electron chi connectivity index (χ1n) is 6.42. The molecule has 1 aliphatic heterocycles. The normalized spacial score (nSPS) is 18.8. The Balaban J connectivity index is 2.15. The fourth-order valence-corrected chi connectivity index (χ4v) is 3.25. The minimum Gasteiger partial charge on any atom is -0.438 e. The minimum atomic E-state index is -0.919. The number of pyridine rings is 1. The lowest BCUT2D eigenvalue weighted by molar-refractivity contribution is 0.118. The third-order valence-corrected chi connectivity index (χ3v) is 4.53. The second kappa shape index (κ2) is 6.12. The number of benzene rings is 1. The number of nitrogens with zero attached hydrogens (tertiary/aromatic N) is 2. The summed E-state index contributed by atoms with van der Waals surface area (Å²) in [7, 11) is 0. The van der Waals surface area contributed by atoms with Crippen molar-refractivity contribution in [3.63, 3.8) is 0 Å². The van der Waals surface area contributed by atoms with E-state index in [1.807, 2.05) is 30.3 Å². The Labute approximate surface area is 149 Å². The highest BCUT2D eigenvalue weighted by Crippen LogP contribution is 2.45. The van der Waals surface area contributed by atoms with E-state index in [0.717, 1.165) is 19.2 Å². The molecule has 0 spiro atoms. The van der Waals surface area contributed by atoms with Crippen LogP contribution < -0.4 is 10.5 Å². The van der Waals surface area contributed by atoms with E-state index in [0.29, 0.717) is 11.6 Å². The number of nitriles is 1. The first-order valence-corrected chi connectivity index (χ1v) is 8.29. The SMILES string of the molecule is N#CCOCC1(N)c2cc(I)ccc2Oc2ncc(Br)cc21. The van der Waals surface area contributed by atoms with Gasteiger partial charge in [0.15, 0.2) is 0 Å². The van der Waals surface area contributed by atoms with E-state index in [9.17, 15) is 0 Å². The van der Waals surface area contributed by atoms with Gasteiger partial charge in [-0.1, -0.05) is 0 Å². The van der Waals surface area contributed by atoms with Gasteiger partial charge in [0, 0.05) is 25.4 Å². The molecule has 5 nitrogen and oxygen atoms in total. The Kier molecular flexibility index (Phi) is 4.36. The van der Waals surface area contributed by atoms with E-state index in [4.69, 9.17) is 20.5 Å². The zero-order valence-corrected chi connectivity index (χ0v) is 15.1. The van der Waals surface area contributed by atoms with E-state index < -0.39 is 5.54 Å². The van der Waals surface area contributed by atoms with Crippen molar-refractivity contribution in [3.8, 4) is 17.7 Å². The van der Waals surface area contributed by atoms with Crippen molar-refractivity contribution in [2.75, 3.05) is 13.2 Å². The first-order chi connectivity index (χ1) is 10.5. The molecule has 112 valence electrons. The zero-order valence-electron chi connectivity index (χ0n) is 11.3. The van der Waals surface area contributed by atoms with Gasteiger partial charge >= 0.3 is 0 Å². The standard InChI is InChI=1S/C15H11BrIN3O2/c16-9-5-12-14(20-7-9)22-13-2-1-10(17)6-11(13)15(12,19)8-21-4-3-18/h1-2,5-7H,4,8,19H2. The molecule has 0 saturated heterocycles. The molecule has 1 aliphatic rings. The summed E-state index contributed by atoms with van der Waals surface area (Å²) in [6, 6.07) is 9.62. The van der Waals surface area contributed by atoms with Gasteiger partial charge in [0.25, 0.3) is 0 Å². The molecule has 1 aromatic heterocycles. The lowest BCUT2D eigenvalue weighted by atomic mass is 9.83. The van der Waals surface area contributed by atoms with Crippen molar-refractivity contribution in [3.05, 3.63) is 49.6 Å². The number of hydrogen-bond donors (Lipinski definition) is 1. The lowest BCUT2D eigenvalue weighted by Gasteiger charge is -2.36. The fraction of sp³-hybridized carbons (Fsp3) is 0.200. The van der Waals surface area contributed by atoms with E-state index in [-0.39, 0.29) is 13.2 Å². The van der Waals surface area contributed by atoms with Gasteiger partial charge in [0.2, 0.25) is 5.88 Å². The Morgan fingerprint density at radius 3 is 3.00 bits per heavy atom. The molecule has 7 heteroatoms. The van der Waals surface area contributed by atoms with Crippen LogP contribution in [0.25, 0.3) is 0 Å². The largest absolute Gasteiger partial charge is 0.438 e. The van der Waals surface area contributed by atoms with Gasteiger partial charge in [0.05, 0.1) is 18.2 Å². The van der Waals surface area contributed by atoms with Gasteiger partial charge in [0.1, 0.15) is 12.4 Å². The molecule has 2 heterocycles. The van der Waals surface area contributed by atoms with Crippen LogP contribution in [0.2, 0.25) is 0 Å². The van der Waals surface area contributed by atoms with Crippen molar-refractivity contribution < 1.29 is 9.47 Å². The predicted molar refractivity (Wildman–Crippen MR) is 92.6 cm³/mol. The molecule has 0 aliphatic carbocycles. The van der Waals surface area contributed by atoms with E-state index in [2.05, 4.69) is 43.5 Å². The quantitative estimate of drug-likeness (QED) is 0.548. The first kappa shape index (κ1) is 15.7. The number of aromatic nitrogens is 1. The number of halogens is 2. The molecule has 3 rings (SSSR count). The zero-order chi connectivity index (χ0) is 15.7. The van der Waals surface area contributed by atoms with Crippen molar-refractivity contribution in [2.24, 2.45) is 5.73 Å². The van der Waals surface area contributed by atoms with Crippen LogP contribution in [0.15, 0.2) is 34.9 Å². The van der Waals surface area contributed by atoms with Crippen molar-refractivity contribution in [1.82, 2.24) is 4.98 Å².